The van der Waals surface area contributed by atoms with E-state index in [1.54, 1.807) is 0 Å². The summed E-state index contributed by atoms with van der Waals surface area (Å²) in [5.74, 6) is 2.48. The van der Waals surface area contributed by atoms with Crippen LogP contribution >= 0.6 is 0 Å². The Morgan fingerprint density at radius 3 is 2.83 bits per heavy atom. The Kier molecular flexibility index (Phi) is 4.44. The van der Waals surface area contributed by atoms with E-state index in [-0.39, 0.29) is 0 Å². The fraction of sp³-hybridized carbons (Fsp3) is 0.800. The molecule has 1 aromatic rings. The van der Waals surface area contributed by atoms with Crippen LogP contribution in [0.1, 0.15) is 45.6 Å². The fourth-order valence-electron chi connectivity index (χ4n) is 3.25. The quantitative estimate of drug-likeness (QED) is 0.889. The molecule has 1 heterocycles. The molecule has 1 N–H and O–H groups in total. The van der Waals surface area contributed by atoms with Crippen molar-refractivity contribution in [3.8, 4) is 0 Å². The number of nitrogens with one attached hydrogen (secondary N) is 1. The molecule has 1 aliphatic rings. The summed E-state index contributed by atoms with van der Waals surface area (Å²) < 4.78 is 1.88. The normalized spacial score (nSPS) is 28.8. The molecule has 0 amide bonds. The van der Waals surface area contributed by atoms with Gasteiger partial charge in [-0.05, 0) is 30.6 Å². The van der Waals surface area contributed by atoms with Crippen LogP contribution in [-0.2, 0) is 13.6 Å². The SMILES string of the molecule is CC1CCC(C(C)C)C(NCc2cnn(C)c2)C1. The van der Waals surface area contributed by atoms with Gasteiger partial charge in [0.25, 0.3) is 0 Å². The lowest BCUT2D eigenvalue weighted by atomic mass is 9.74. The summed E-state index contributed by atoms with van der Waals surface area (Å²) >= 11 is 0. The first-order chi connectivity index (χ1) is 8.56. The van der Waals surface area contributed by atoms with Crippen molar-refractivity contribution in [3.05, 3.63) is 18.0 Å². The van der Waals surface area contributed by atoms with Crippen molar-refractivity contribution < 1.29 is 0 Å². The van der Waals surface area contributed by atoms with E-state index in [2.05, 4.69) is 37.4 Å². The van der Waals surface area contributed by atoms with E-state index in [1.807, 2.05) is 17.9 Å². The maximum atomic E-state index is 4.23. The molecule has 1 aliphatic carbocycles. The Labute approximate surface area is 111 Å². The summed E-state index contributed by atoms with van der Waals surface area (Å²) in [5, 5.41) is 7.99. The van der Waals surface area contributed by atoms with Gasteiger partial charge in [-0.1, -0.05) is 27.2 Å². The third-order valence-electron chi connectivity index (χ3n) is 4.35. The van der Waals surface area contributed by atoms with Crippen molar-refractivity contribution >= 4 is 0 Å². The standard InChI is InChI=1S/C15H27N3/c1-11(2)14-6-5-12(3)7-15(14)16-8-13-9-17-18(4)10-13/h9-12,14-16H,5-8H2,1-4H3. The Morgan fingerprint density at radius 1 is 1.44 bits per heavy atom. The number of aryl methyl sites for hydroxylation is 1. The van der Waals surface area contributed by atoms with E-state index >= 15 is 0 Å². The first kappa shape index (κ1) is 13.6. The lowest BCUT2D eigenvalue weighted by molar-refractivity contribution is 0.169. The van der Waals surface area contributed by atoms with Gasteiger partial charge >= 0.3 is 0 Å². The molecule has 0 aromatic carbocycles. The Hall–Kier alpha value is -0.830. The van der Waals surface area contributed by atoms with Gasteiger partial charge < -0.3 is 5.32 Å². The molecule has 102 valence electrons. The Bertz CT molecular complexity index is 370. The zero-order valence-electron chi connectivity index (χ0n) is 12.2. The molecule has 3 heteroatoms. The number of nitrogens with zero attached hydrogens (tertiary/aromatic N) is 2. The van der Waals surface area contributed by atoms with E-state index < -0.39 is 0 Å². The van der Waals surface area contributed by atoms with Crippen LogP contribution in [0.2, 0.25) is 0 Å². The van der Waals surface area contributed by atoms with Crippen LogP contribution in [-0.4, -0.2) is 15.8 Å². The van der Waals surface area contributed by atoms with Crippen LogP contribution in [0.4, 0.5) is 0 Å². The van der Waals surface area contributed by atoms with Crippen LogP contribution in [0.3, 0.4) is 0 Å². The predicted octanol–water partition coefficient (Wildman–Crippen LogP) is 2.97. The van der Waals surface area contributed by atoms with Crippen LogP contribution in [0, 0.1) is 17.8 Å². The molecule has 3 unspecified atom stereocenters. The molecule has 1 fully saturated rings. The number of hydrogen-bond donors (Lipinski definition) is 1. The van der Waals surface area contributed by atoms with Crippen molar-refractivity contribution in [3.63, 3.8) is 0 Å². The Balaban J connectivity index is 1.92. The number of hydrogen-bond acceptors (Lipinski definition) is 2. The van der Waals surface area contributed by atoms with E-state index in [9.17, 15) is 0 Å². The number of rotatable bonds is 4. The summed E-state index contributed by atoms with van der Waals surface area (Å²) in [6, 6.07) is 0.675. The van der Waals surface area contributed by atoms with Crippen LogP contribution in [0.5, 0.6) is 0 Å². The van der Waals surface area contributed by atoms with Gasteiger partial charge in [0, 0.05) is 31.4 Å². The molecule has 0 spiro atoms. The fourth-order valence-corrected chi connectivity index (χ4v) is 3.25. The van der Waals surface area contributed by atoms with Crippen LogP contribution < -0.4 is 5.32 Å². The minimum absolute atomic E-state index is 0.675. The summed E-state index contributed by atoms with van der Waals surface area (Å²) in [5.41, 5.74) is 1.29. The lowest BCUT2D eigenvalue weighted by Gasteiger charge is -2.38. The third-order valence-corrected chi connectivity index (χ3v) is 4.35. The summed E-state index contributed by atoms with van der Waals surface area (Å²) in [7, 11) is 1.98. The van der Waals surface area contributed by atoms with Crippen LogP contribution in [0.15, 0.2) is 12.4 Å². The summed E-state index contributed by atoms with van der Waals surface area (Å²) in [4.78, 5) is 0. The second-order valence-corrected chi connectivity index (χ2v) is 6.34. The van der Waals surface area contributed by atoms with Crippen molar-refractivity contribution in [1.82, 2.24) is 15.1 Å². The average molecular weight is 249 g/mol. The van der Waals surface area contributed by atoms with Gasteiger partial charge in [0.1, 0.15) is 0 Å². The smallest absolute Gasteiger partial charge is 0.0534 e. The van der Waals surface area contributed by atoms with E-state index in [4.69, 9.17) is 0 Å². The van der Waals surface area contributed by atoms with Crippen molar-refractivity contribution in [2.45, 2.75) is 52.6 Å². The molecule has 0 saturated heterocycles. The number of aromatic nitrogens is 2. The molecule has 0 radical (unpaired) electrons. The summed E-state index contributed by atoms with van der Waals surface area (Å²) in [6.07, 6.45) is 8.16. The highest BCUT2D eigenvalue weighted by Crippen LogP contribution is 2.33. The highest BCUT2D eigenvalue weighted by Gasteiger charge is 2.30. The van der Waals surface area contributed by atoms with Gasteiger partial charge in [-0.2, -0.15) is 5.10 Å². The molecule has 18 heavy (non-hydrogen) atoms. The molecule has 0 aliphatic heterocycles. The third kappa shape index (κ3) is 3.35. The maximum absolute atomic E-state index is 4.23. The topological polar surface area (TPSA) is 29.9 Å². The molecule has 3 atom stereocenters. The van der Waals surface area contributed by atoms with Gasteiger partial charge in [-0.25, -0.2) is 0 Å². The zero-order chi connectivity index (χ0) is 13.1. The zero-order valence-corrected chi connectivity index (χ0v) is 12.2. The minimum atomic E-state index is 0.675. The van der Waals surface area contributed by atoms with E-state index in [0.717, 1.165) is 24.3 Å². The second-order valence-electron chi connectivity index (χ2n) is 6.34. The predicted molar refractivity (Wildman–Crippen MR) is 75.2 cm³/mol. The van der Waals surface area contributed by atoms with Crippen molar-refractivity contribution in [2.24, 2.45) is 24.8 Å². The van der Waals surface area contributed by atoms with Gasteiger partial charge in [0.2, 0.25) is 0 Å². The molecule has 3 nitrogen and oxygen atoms in total. The second kappa shape index (κ2) is 5.87. The molecular weight excluding hydrogens is 222 g/mol. The minimum Gasteiger partial charge on any atom is -0.310 e. The molecular formula is C15H27N3. The highest BCUT2D eigenvalue weighted by molar-refractivity contribution is 5.03. The van der Waals surface area contributed by atoms with Crippen molar-refractivity contribution in [1.29, 1.82) is 0 Å². The van der Waals surface area contributed by atoms with E-state index in [1.165, 1.54) is 24.8 Å². The average Bonchev–Trinajstić information content (AvgIpc) is 2.72. The van der Waals surface area contributed by atoms with Gasteiger partial charge in [-0.3, -0.25) is 4.68 Å². The monoisotopic (exact) mass is 249 g/mol. The van der Waals surface area contributed by atoms with Gasteiger partial charge in [-0.15, -0.1) is 0 Å². The molecule has 1 saturated carbocycles. The van der Waals surface area contributed by atoms with Gasteiger partial charge in [0.05, 0.1) is 6.20 Å². The Morgan fingerprint density at radius 2 is 2.22 bits per heavy atom. The first-order valence-corrected chi connectivity index (χ1v) is 7.27. The molecule has 1 aromatic heterocycles. The van der Waals surface area contributed by atoms with Crippen molar-refractivity contribution in [2.75, 3.05) is 0 Å². The molecule has 2 rings (SSSR count). The largest absolute Gasteiger partial charge is 0.310 e. The highest BCUT2D eigenvalue weighted by atomic mass is 15.2. The first-order valence-electron chi connectivity index (χ1n) is 7.27. The summed E-state index contributed by atoms with van der Waals surface area (Å²) in [6.45, 7) is 8.06. The van der Waals surface area contributed by atoms with Crippen LogP contribution in [0.25, 0.3) is 0 Å². The van der Waals surface area contributed by atoms with Gasteiger partial charge in [0.15, 0.2) is 0 Å². The lowest BCUT2D eigenvalue weighted by Crippen LogP contribution is -2.42. The molecule has 0 bridgehead atoms. The van der Waals surface area contributed by atoms with E-state index in [0.29, 0.717) is 6.04 Å². The maximum Gasteiger partial charge on any atom is 0.0534 e.